The van der Waals surface area contributed by atoms with E-state index in [1.165, 1.54) is 0 Å². The van der Waals surface area contributed by atoms with Crippen LogP contribution in [0, 0.1) is 5.92 Å². The van der Waals surface area contributed by atoms with Gasteiger partial charge in [-0.1, -0.05) is 6.07 Å². The van der Waals surface area contributed by atoms with Crippen LogP contribution in [-0.2, 0) is 16.0 Å². The van der Waals surface area contributed by atoms with Gasteiger partial charge in [0.25, 0.3) is 0 Å². The Morgan fingerprint density at radius 2 is 2.00 bits per heavy atom. The molecule has 0 saturated carbocycles. The Bertz CT molecular complexity index is 558. The van der Waals surface area contributed by atoms with Crippen molar-refractivity contribution in [3.05, 3.63) is 30.1 Å². The van der Waals surface area contributed by atoms with Crippen LogP contribution in [0.2, 0.25) is 0 Å². The Kier molecular flexibility index (Phi) is 6.04. The maximum atomic E-state index is 12.5. The molecule has 6 nitrogen and oxygen atoms in total. The summed E-state index contributed by atoms with van der Waals surface area (Å²) < 4.78 is 5.73. The largest absolute Gasteiger partial charge is 0.391 e. The van der Waals surface area contributed by atoms with Gasteiger partial charge in [-0.25, -0.2) is 0 Å². The van der Waals surface area contributed by atoms with Gasteiger partial charge >= 0.3 is 0 Å². The number of likely N-dealkylation sites (tertiary alicyclic amines) is 1. The van der Waals surface area contributed by atoms with Gasteiger partial charge in [0.05, 0.1) is 18.3 Å². The predicted molar refractivity (Wildman–Crippen MR) is 95.1 cm³/mol. The Morgan fingerprint density at radius 1 is 1.24 bits per heavy atom. The summed E-state index contributed by atoms with van der Waals surface area (Å²) in [6.45, 7) is 7.71. The number of pyridine rings is 1. The number of ether oxygens (including phenoxy) is 1. The van der Waals surface area contributed by atoms with Gasteiger partial charge in [0, 0.05) is 57.0 Å². The topological polar surface area (TPSA) is 65.9 Å². The molecule has 2 fully saturated rings. The number of aliphatic hydroxyl groups is 1. The van der Waals surface area contributed by atoms with Crippen molar-refractivity contribution in [2.45, 2.75) is 45.0 Å². The van der Waals surface area contributed by atoms with Crippen molar-refractivity contribution in [1.82, 2.24) is 14.8 Å². The van der Waals surface area contributed by atoms with E-state index in [2.05, 4.69) is 23.7 Å². The van der Waals surface area contributed by atoms with Gasteiger partial charge in [0.15, 0.2) is 0 Å². The number of amides is 1. The first-order chi connectivity index (χ1) is 12.0. The quantitative estimate of drug-likeness (QED) is 0.859. The van der Waals surface area contributed by atoms with Crippen LogP contribution in [0.15, 0.2) is 24.4 Å². The average molecular weight is 347 g/mol. The fraction of sp³-hybridized carbons (Fsp3) is 0.684. The summed E-state index contributed by atoms with van der Waals surface area (Å²) >= 11 is 0. The molecular weight excluding hydrogens is 318 g/mol. The molecule has 138 valence electrons. The number of carbonyl (C=O) groups is 1. The highest BCUT2D eigenvalue weighted by Gasteiger charge is 2.34. The van der Waals surface area contributed by atoms with E-state index in [0.29, 0.717) is 25.9 Å². The Labute approximate surface area is 149 Å². The number of nitrogens with zero attached hydrogens (tertiary/aromatic N) is 3. The minimum Gasteiger partial charge on any atom is -0.391 e. The number of aliphatic hydroxyl groups excluding tert-OH is 1. The van der Waals surface area contributed by atoms with E-state index in [4.69, 9.17) is 4.74 Å². The maximum Gasteiger partial charge on any atom is 0.223 e. The molecule has 1 amide bonds. The third-order valence-electron chi connectivity index (χ3n) is 5.09. The molecule has 1 N–H and O–H groups in total. The number of β-amino-alcohol motifs (C(OH)–C–C–N with tert-alkyl or cyclic N) is 1. The highest BCUT2D eigenvalue weighted by molar-refractivity contribution is 5.76. The summed E-state index contributed by atoms with van der Waals surface area (Å²) in [6, 6.07) is 5.81. The number of hydrogen-bond donors (Lipinski definition) is 1. The molecule has 0 unspecified atom stereocenters. The monoisotopic (exact) mass is 347 g/mol. The molecule has 25 heavy (non-hydrogen) atoms. The second kappa shape index (κ2) is 8.25. The summed E-state index contributed by atoms with van der Waals surface area (Å²) in [6.07, 6.45) is 2.95. The van der Waals surface area contributed by atoms with Crippen LogP contribution >= 0.6 is 0 Å². The second-order valence-electron chi connectivity index (χ2n) is 7.42. The molecule has 0 radical (unpaired) electrons. The molecule has 0 aliphatic carbocycles. The summed E-state index contributed by atoms with van der Waals surface area (Å²) in [5.41, 5.74) is 0.970. The standard InChI is InChI=1S/C19H29N3O3/c1-14-10-21(11-15(2)25-14)8-6-19(24)22-12-16(18(23)13-22)9-17-5-3-4-7-20-17/h3-5,7,14-16,18,23H,6,8-13H2,1-2H3/t14-,15+,16-,18-/m1/s1. The molecular formula is C19H29N3O3. The molecule has 1 aromatic rings. The molecule has 2 saturated heterocycles. The van der Waals surface area contributed by atoms with Gasteiger partial charge in [0.1, 0.15) is 0 Å². The SMILES string of the molecule is C[C@@H]1CN(CCC(=O)N2C[C@@H](Cc3ccccn3)[C@H](O)C2)C[C@H](C)O1. The van der Waals surface area contributed by atoms with Gasteiger partial charge in [-0.15, -0.1) is 0 Å². The molecule has 2 aliphatic rings. The van der Waals surface area contributed by atoms with Crippen LogP contribution in [0.25, 0.3) is 0 Å². The first-order valence-electron chi connectivity index (χ1n) is 9.25. The molecule has 6 heteroatoms. The van der Waals surface area contributed by atoms with Crippen molar-refractivity contribution in [2.75, 3.05) is 32.7 Å². The molecule has 3 heterocycles. The number of hydrogen-bond acceptors (Lipinski definition) is 5. The van der Waals surface area contributed by atoms with Gasteiger partial charge in [-0.3, -0.25) is 14.7 Å². The fourth-order valence-corrected chi connectivity index (χ4v) is 3.92. The summed E-state index contributed by atoms with van der Waals surface area (Å²) in [5.74, 6) is 0.205. The van der Waals surface area contributed by atoms with E-state index in [9.17, 15) is 9.90 Å². The zero-order valence-corrected chi connectivity index (χ0v) is 15.2. The second-order valence-corrected chi connectivity index (χ2v) is 7.42. The minimum atomic E-state index is -0.464. The molecule has 0 bridgehead atoms. The average Bonchev–Trinajstić information content (AvgIpc) is 2.94. The third-order valence-corrected chi connectivity index (χ3v) is 5.09. The first kappa shape index (κ1) is 18.3. The van der Waals surface area contributed by atoms with Crippen molar-refractivity contribution >= 4 is 5.91 Å². The smallest absolute Gasteiger partial charge is 0.223 e. The van der Waals surface area contributed by atoms with Crippen molar-refractivity contribution in [1.29, 1.82) is 0 Å². The van der Waals surface area contributed by atoms with Crippen molar-refractivity contribution < 1.29 is 14.6 Å². The van der Waals surface area contributed by atoms with E-state index >= 15 is 0 Å². The third kappa shape index (κ3) is 5.00. The lowest BCUT2D eigenvalue weighted by molar-refractivity contribution is -0.131. The lowest BCUT2D eigenvalue weighted by Gasteiger charge is -2.35. The van der Waals surface area contributed by atoms with E-state index < -0.39 is 6.10 Å². The van der Waals surface area contributed by atoms with Crippen LogP contribution in [-0.4, -0.2) is 76.8 Å². The van der Waals surface area contributed by atoms with Crippen LogP contribution in [0.3, 0.4) is 0 Å². The van der Waals surface area contributed by atoms with Gasteiger partial charge < -0.3 is 14.7 Å². The van der Waals surface area contributed by atoms with E-state index in [0.717, 1.165) is 25.3 Å². The van der Waals surface area contributed by atoms with Crippen LogP contribution < -0.4 is 0 Å². The van der Waals surface area contributed by atoms with Crippen LogP contribution in [0.5, 0.6) is 0 Å². The Morgan fingerprint density at radius 3 is 2.68 bits per heavy atom. The summed E-state index contributed by atoms with van der Waals surface area (Å²) in [7, 11) is 0. The fourth-order valence-electron chi connectivity index (χ4n) is 3.92. The van der Waals surface area contributed by atoms with Crippen LogP contribution in [0.4, 0.5) is 0 Å². The van der Waals surface area contributed by atoms with Crippen LogP contribution in [0.1, 0.15) is 26.0 Å². The first-order valence-corrected chi connectivity index (χ1v) is 9.25. The highest BCUT2D eigenvalue weighted by atomic mass is 16.5. The van der Waals surface area contributed by atoms with Crippen molar-refractivity contribution in [3.63, 3.8) is 0 Å². The van der Waals surface area contributed by atoms with Crippen molar-refractivity contribution in [2.24, 2.45) is 5.92 Å². The highest BCUT2D eigenvalue weighted by Crippen LogP contribution is 2.21. The normalized spacial score (nSPS) is 30.6. The molecule has 1 aromatic heterocycles. The molecule has 3 rings (SSSR count). The van der Waals surface area contributed by atoms with E-state index in [1.54, 1.807) is 6.20 Å². The van der Waals surface area contributed by atoms with Gasteiger partial charge in [-0.2, -0.15) is 0 Å². The van der Waals surface area contributed by atoms with E-state index in [1.807, 2.05) is 23.1 Å². The molecule has 4 atom stereocenters. The zero-order chi connectivity index (χ0) is 17.8. The number of morpholine rings is 1. The lowest BCUT2D eigenvalue weighted by Crippen LogP contribution is -2.46. The zero-order valence-electron chi connectivity index (χ0n) is 15.2. The number of carbonyl (C=O) groups excluding carboxylic acids is 1. The minimum absolute atomic E-state index is 0.0716. The molecule has 0 aromatic carbocycles. The Balaban J connectivity index is 1.46. The predicted octanol–water partition coefficient (Wildman–Crippen LogP) is 0.943. The van der Waals surface area contributed by atoms with Crippen molar-refractivity contribution in [3.8, 4) is 0 Å². The maximum absolute atomic E-state index is 12.5. The summed E-state index contributed by atoms with van der Waals surface area (Å²) in [4.78, 5) is 21.0. The number of aromatic nitrogens is 1. The van der Waals surface area contributed by atoms with Gasteiger partial charge in [-0.05, 0) is 32.4 Å². The molecule has 0 spiro atoms. The summed E-state index contributed by atoms with van der Waals surface area (Å²) in [5, 5.41) is 10.3. The number of rotatable bonds is 5. The van der Waals surface area contributed by atoms with Gasteiger partial charge in [0.2, 0.25) is 5.91 Å². The lowest BCUT2D eigenvalue weighted by atomic mass is 10.00. The van der Waals surface area contributed by atoms with E-state index in [-0.39, 0.29) is 24.0 Å². The Hall–Kier alpha value is -1.50. The molecule has 2 aliphatic heterocycles.